The van der Waals surface area contributed by atoms with E-state index in [0.717, 1.165) is 23.4 Å². The molecular formula is C14H12N2O5. The van der Waals surface area contributed by atoms with E-state index in [9.17, 15) is 14.9 Å². The maximum absolute atomic E-state index is 11.1. The zero-order chi connectivity index (χ0) is 15.6. The SMILES string of the molecule is Cc1ccc(Oc2cc(C(=O)O)c([N+](=O)[O-])cn2)c(C)c1. The molecule has 2 aromatic rings. The predicted molar refractivity (Wildman–Crippen MR) is 73.8 cm³/mol. The number of rotatable bonds is 4. The molecule has 0 amide bonds. The summed E-state index contributed by atoms with van der Waals surface area (Å²) < 4.78 is 5.49. The smallest absolute Gasteiger partial charge is 0.342 e. The van der Waals surface area contributed by atoms with Gasteiger partial charge in [-0.25, -0.2) is 9.78 Å². The Labute approximate surface area is 120 Å². The van der Waals surface area contributed by atoms with Crippen LogP contribution in [-0.2, 0) is 0 Å². The van der Waals surface area contributed by atoms with Crippen LogP contribution in [0.4, 0.5) is 5.69 Å². The molecule has 0 atom stereocenters. The largest absolute Gasteiger partial charge is 0.477 e. The van der Waals surface area contributed by atoms with Gasteiger partial charge in [0.25, 0.3) is 0 Å². The normalized spacial score (nSPS) is 10.2. The van der Waals surface area contributed by atoms with Crippen LogP contribution in [-0.4, -0.2) is 21.0 Å². The minimum atomic E-state index is -1.41. The van der Waals surface area contributed by atoms with Crippen molar-refractivity contribution in [3.8, 4) is 11.6 Å². The average Bonchev–Trinajstić information content (AvgIpc) is 2.41. The average molecular weight is 288 g/mol. The fourth-order valence-electron chi connectivity index (χ4n) is 1.83. The van der Waals surface area contributed by atoms with Crippen molar-refractivity contribution < 1.29 is 19.6 Å². The molecule has 7 heteroatoms. The Morgan fingerprint density at radius 1 is 1.33 bits per heavy atom. The summed E-state index contributed by atoms with van der Waals surface area (Å²) >= 11 is 0. The van der Waals surface area contributed by atoms with Crippen molar-refractivity contribution in [3.05, 3.63) is 57.3 Å². The van der Waals surface area contributed by atoms with E-state index in [-0.39, 0.29) is 5.88 Å². The van der Waals surface area contributed by atoms with Crippen molar-refractivity contribution >= 4 is 11.7 Å². The Morgan fingerprint density at radius 2 is 2.05 bits per heavy atom. The van der Waals surface area contributed by atoms with Crippen LogP contribution in [0.1, 0.15) is 21.5 Å². The molecule has 1 heterocycles. The molecule has 21 heavy (non-hydrogen) atoms. The number of carboxylic acid groups (broad SMARTS) is 1. The molecule has 0 aliphatic carbocycles. The highest BCUT2D eigenvalue weighted by atomic mass is 16.6. The summed E-state index contributed by atoms with van der Waals surface area (Å²) in [5.41, 5.74) is 0.875. The maximum Gasteiger partial charge on any atom is 0.342 e. The van der Waals surface area contributed by atoms with Gasteiger partial charge in [-0.1, -0.05) is 17.7 Å². The van der Waals surface area contributed by atoms with Crippen LogP contribution < -0.4 is 4.74 Å². The number of aromatic nitrogens is 1. The van der Waals surface area contributed by atoms with Gasteiger partial charge in [-0.05, 0) is 25.5 Å². The molecule has 0 unspecified atom stereocenters. The van der Waals surface area contributed by atoms with E-state index in [1.165, 1.54) is 0 Å². The van der Waals surface area contributed by atoms with Gasteiger partial charge in [-0.15, -0.1) is 0 Å². The van der Waals surface area contributed by atoms with Crippen LogP contribution in [0, 0.1) is 24.0 Å². The first-order valence-electron chi connectivity index (χ1n) is 6.01. The van der Waals surface area contributed by atoms with Gasteiger partial charge in [-0.2, -0.15) is 0 Å². The van der Waals surface area contributed by atoms with Gasteiger partial charge in [0.2, 0.25) is 5.88 Å². The lowest BCUT2D eigenvalue weighted by Gasteiger charge is -2.09. The van der Waals surface area contributed by atoms with Crippen molar-refractivity contribution in [2.45, 2.75) is 13.8 Å². The molecule has 0 fully saturated rings. The lowest BCUT2D eigenvalue weighted by Crippen LogP contribution is -2.04. The predicted octanol–water partition coefficient (Wildman–Crippen LogP) is 3.10. The number of carbonyl (C=O) groups is 1. The molecule has 0 aliphatic rings. The maximum atomic E-state index is 11.1. The quantitative estimate of drug-likeness (QED) is 0.685. The van der Waals surface area contributed by atoms with E-state index in [2.05, 4.69) is 4.98 Å². The molecule has 0 saturated carbocycles. The van der Waals surface area contributed by atoms with Crippen LogP contribution in [0.15, 0.2) is 30.5 Å². The topological polar surface area (TPSA) is 103 Å². The van der Waals surface area contributed by atoms with E-state index < -0.39 is 22.1 Å². The van der Waals surface area contributed by atoms with Gasteiger partial charge in [0.05, 0.1) is 4.92 Å². The van der Waals surface area contributed by atoms with Crippen LogP contribution in [0.2, 0.25) is 0 Å². The summed E-state index contributed by atoms with van der Waals surface area (Å²) in [7, 11) is 0. The van der Waals surface area contributed by atoms with Crippen molar-refractivity contribution in [2.75, 3.05) is 0 Å². The first-order chi connectivity index (χ1) is 9.88. The van der Waals surface area contributed by atoms with E-state index >= 15 is 0 Å². The zero-order valence-electron chi connectivity index (χ0n) is 11.4. The highest BCUT2D eigenvalue weighted by Crippen LogP contribution is 2.27. The van der Waals surface area contributed by atoms with Crippen molar-refractivity contribution in [3.63, 3.8) is 0 Å². The van der Waals surface area contributed by atoms with Crippen LogP contribution in [0.25, 0.3) is 0 Å². The molecule has 108 valence electrons. The second-order valence-corrected chi connectivity index (χ2v) is 4.47. The molecule has 0 saturated heterocycles. The number of carboxylic acids is 1. The first-order valence-corrected chi connectivity index (χ1v) is 6.01. The molecule has 0 radical (unpaired) electrons. The third-order valence-electron chi connectivity index (χ3n) is 2.83. The van der Waals surface area contributed by atoms with E-state index in [4.69, 9.17) is 9.84 Å². The van der Waals surface area contributed by atoms with E-state index in [1.807, 2.05) is 26.0 Å². The Balaban J connectivity index is 2.39. The molecule has 1 aromatic heterocycles. The number of pyridine rings is 1. The second-order valence-electron chi connectivity index (χ2n) is 4.47. The third-order valence-corrected chi connectivity index (χ3v) is 2.83. The van der Waals surface area contributed by atoms with Crippen LogP contribution in [0.3, 0.4) is 0 Å². The van der Waals surface area contributed by atoms with Crippen molar-refractivity contribution in [1.29, 1.82) is 0 Å². The van der Waals surface area contributed by atoms with Gasteiger partial charge in [0, 0.05) is 6.07 Å². The highest BCUT2D eigenvalue weighted by Gasteiger charge is 2.21. The Kier molecular flexibility index (Phi) is 3.84. The lowest BCUT2D eigenvalue weighted by molar-refractivity contribution is -0.385. The Hall–Kier alpha value is -2.96. The van der Waals surface area contributed by atoms with Gasteiger partial charge in [-0.3, -0.25) is 10.1 Å². The van der Waals surface area contributed by atoms with Crippen LogP contribution >= 0.6 is 0 Å². The number of hydrogen-bond donors (Lipinski definition) is 1. The Morgan fingerprint density at radius 3 is 2.62 bits per heavy atom. The summed E-state index contributed by atoms with van der Waals surface area (Å²) in [5.74, 6) is -0.905. The third kappa shape index (κ3) is 3.14. The number of nitro groups is 1. The number of hydrogen-bond acceptors (Lipinski definition) is 5. The van der Waals surface area contributed by atoms with E-state index in [1.54, 1.807) is 6.07 Å². The lowest BCUT2D eigenvalue weighted by atomic mass is 10.1. The number of ether oxygens (including phenoxy) is 1. The summed E-state index contributed by atoms with van der Waals surface area (Å²) in [5, 5.41) is 19.8. The summed E-state index contributed by atoms with van der Waals surface area (Å²) in [4.78, 5) is 24.8. The standard InChI is InChI=1S/C14H12N2O5/c1-8-3-4-12(9(2)5-8)21-13-6-10(14(17)18)11(7-15-13)16(19)20/h3-7H,1-2H3,(H,17,18). The molecular weight excluding hydrogens is 276 g/mol. The molecule has 0 bridgehead atoms. The fourth-order valence-corrected chi connectivity index (χ4v) is 1.83. The molecule has 2 rings (SSSR count). The van der Waals surface area contributed by atoms with Gasteiger partial charge in [0.15, 0.2) is 0 Å². The zero-order valence-corrected chi connectivity index (χ0v) is 11.4. The van der Waals surface area contributed by atoms with Gasteiger partial charge >= 0.3 is 11.7 Å². The number of nitrogens with zero attached hydrogens (tertiary/aromatic N) is 2. The summed E-state index contributed by atoms with van der Waals surface area (Å²) in [6.45, 7) is 3.77. The molecule has 7 nitrogen and oxygen atoms in total. The minimum Gasteiger partial charge on any atom is -0.477 e. The summed E-state index contributed by atoms with van der Waals surface area (Å²) in [6, 6.07) is 6.51. The van der Waals surface area contributed by atoms with Gasteiger partial charge < -0.3 is 9.84 Å². The van der Waals surface area contributed by atoms with Crippen LogP contribution in [0.5, 0.6) is 11.6 Å². The molecule has 1 N–H and O–H groups in total. The second kappa shape index (κ2) is 5.58. The minimum absolute atomic E-state index is 0.00930. The number of aromatic carboxylic acids is 1. The fraction of sp³-hybridized carbons (Fsp3) is 0.143. The highest BCUT2D eigenvalue weighted by molar-refractivity contribution is 5.92. The summed E-state index contributed by atoms with van der Waals surface area (Å²) in [6.07, 6.45) is 0.877. The first kappa shape index (κ1) is 14.4. The van der Waals surface area contributed by atoms with Gasteiger partial charge in [0.1, 0.15) is 17.5 Å². The van der Waals surface area contributed by atoms with Crippen molar-refractivity contribution in [2.24, 2.45) is 0 Å². The monoisotopic (exact) mass is 288 g/mol. The Bertz CT molecular complexity index is 727. The number of aryl methyl sites for hydroxylation is 2. The molecule has 1 aromatic carbocycles. The van der Waals surface area contributed by atoms with Crippen molar-refractivity contribution in [1.82, 2.24) is 4.98 Å². The molecule has 0 spiro atoms. The number of benzene rings is 1. The van der Waals surface area contributed by atoms with E-state index in [0.29, 0.717) is 5.75 Å². The molecule has 0 aliphatic heterocycles.